The van der Waals surface area contributed by atoms with Crippen LogP contribution in [0.4, 0.5) is 14.5 Å². The SMILES string of the molecule is C=C(Nc1cccc2c1C(CC)CC2(C)CC)c1cn(C)nc1C(F)F. The summed E-state index contributed by atoms with van der Waals surface area (Å²) in [7, 11) is 1.64. The molecule has 0 radical (unpaired) electrons. The Morgan fingerprint density at radius 1 is 1.42 bits per heavy atom. The smallest absolute Gasteiger partial charge is 0.282 e. The molecule has 1 heterocycles. The van der Waals surface area contributed by atoms with Gasteiger partial charge in [-0.2, -0.15) is 5.10 Å². The summed E-state index contributed by atoms with van der Waals surface area (Å²) in [6, 6.07) is 6.27. The number of benzene rings is 1. The van der Waals surface area contributed by atoms with E-state index in [0.29, 0.717) is 17.2 Å². The average Bonchev–Trinajstić information content (AvgIpc) is 3.14. The van der Waals surface area contributed by atoms with Crippen molar-refractivity contribution in [1.82, 2.24) is 9.78 Å². The van der Waals surface area contributed by atoms with E-state index in [2.05, 4.69) is 43.8 Å². The van der Waals surface area contributed by atoms with E-state index in [-0.39, 0.29) is 11.1 Å². The van der Waals surface area contributed by atoms with Crippen LogP contribution in [0.1, 0.15) is 74.8 Å². The van der Waals surface area contributed by atoms with Crippen molar-refractivity contribution < 1.29 is 8.78 Å². The maximum atomic E-state index is 13.3. The van der Waals surface area contributed by atoms with Gasteiger partial charge in [0.25, 0.3) is 6.43 Å². The number of rotatable bonds is 6. The molecule has 0 fully saturated rings. The summed E-state index contributed by atoms with van der Waals surface area (Å²) in [4.78, 5) is 0. The maximum absolute atomic E-state index is 13.3. The fraction of sp³-hybridized carbons (Fsp3) is 0.476. The van der Waals surface area contributed by atoms with Gasteiger partial charge in [0, 0.05) is 30.2 Å². The van der Waals surface area contributed by atoms with Crippen molar-refractivity contribution in [3.63, 3.8) is 0 Å². The zero-order chi connectivity index (χ0) is 19.1. The highest BCUT2D eigenvalue weighted by atomic mass is 19.3. The van der Waals surface area contributed by atoms with E-state index in [1.807, 2.05) is 12.1 Å². The van der Waals surface area contributed by atoms with Crippen LogP contribution in [0.2, 0.25) is 0 Å². The summed E-state index contributed by atoms with van der Waals surface area (Å²) in [5, 5.41) is 7.19. The molecule has 3 nitrogen and oxygen atoms in total. The number of aryl methyl sites for hydroxylation is 1. The van der Waals surface area contributed by atoms with Gasteiger partial charge in [0.05, 0.1) is 0 Å². The molecular formula is C21H27F2N3. The third-order valence-corrected chi connectivity index (χ3v) is 5.81. The molecule has 1 aromatic carbocycles. The third-order valence-electron chi connectivity index (χ3n) is 5.81. The minimum Gasteiger partial charge on any atom is -0.355 e. The van der Waals surface area contributed by atoms with E-state index in [0.717, 1.165) is 24.9 Å². The summed E-state index contributed by atoms with van der Waals surface area (Å²) in [6.45, 7) is 10.8. The molecule has 2 aromatic rings. The fourth-order valence-electron chi connectivity index (χ4n) is 4.21. The Labute approximate surface area is 154 Å². The molecule has 0 saturated heterocycles. The van der Waals surface area contributed by atoms with Crippen molar-refractivity contribution in [1.29, 1.82) is 0 Å². The molecule has 1 aliphatic carbocycles. The highest BCUT2D eigenvalue weighted by molar-refractivity contribution is 5.79. The number of hydrogen-bond acceptors (Lipinski definition) is 2. The molecule has 0 amide bonds. The molecule has 5 heteroatoms. The van der Waals surface area contributed by atoms with Gasteiger partial charge in [0.15, 0.2) is 0 Å². The molecule has 1 aliphatic rings. The number of aromatic nitrogens is 2. The van der Waals surface area contributed by atoms with E-state index in [1.54, 1.807) is 13.2 Å². The second-order valence-electron chi connectivity index (χ2n) is 7.50. The van der Waals surface area contributed by atoms with Crippen LogP contribution in [0, 0.1) is 0 Å². The molecule has 0 saturated carbocycles. The molecule has 2 unspecified atom stereocenters. The molecule has 2 atom stereocenters. The lowest BCUT2D eigenvalue weighted by Gasteiger charge is -2.24. The van der Waals surface area contributed by atoms with Crippen LogP contribution in [-0.2, 0) is 12.5 Å². The van der Waals surface area contributed by atoms with Crippen molar-refractivity contribution in [2.45, 2.75) is 57.8 Å². The first-order chi connectivity index (χ1) is 12.3. The zero-order valence-electron chi connectivity index (χ0n) is 15.9. The largest absolute Gasteiger partial charge is 0.355 e. The van der Waals surface area contributed by atoms with Gasteiger partial charge in [0.1, 0.15) is 5.69 Å². The molecule has 1 N–H and O–H groups in total. The lowest BCUT2D eigenvalue weighted by Crippen LogP contribution is -2.16. The second-order valence-corrected chi connectivity index (χ2v) is 7.50. The third kappa shape index (κ3) is 3.04. The minimum absolute atomic E-state index is 0.164. The molecule has 0 spiro atoms. The second kappa shape index (κ2) is 6.86. The van der Waals surface area contributed by atoms with Crippen molar-refractivity contribution in [3.8, 4) is 0 Å². The van der Waals surface area contributed by atoms with Gasteiger partial charge in [-0.15, -0.1) is 0 Å². The summed E-state index contributed by atoms with van der Waals surface area (Å²) in [5.74, 6) is 0.468. The lowest BCUT2D eigenvalue weighted by molar-refractivity contribution is 0.145. The summed E-state index contributed by atoms with van der Waals surface area (Å²) in [6.07, 6.45) is 2.23. The predicted octanol–water partition coefficient (Wildman–Crippen LogP) is 6.01. The standard InChI is InChI=1S/C21H27F2N3/c1-6-14-11-21(4,7-2)16-9-8-10-17(18(14)16)24-13(3)15-12-26(5)25-19(15)20(22)23/h8-10,12,14,20,24H,3,6-7,11H2,1-2,4-5H3. The van der Waals surface area contributed by atoms with Crippen LogP contribution < -0.4 is 5.32 Å². The highest BCUT2D eigenvalue weighted by Gasteiger charge is 2.39. The van der Waals surface area contributed by atoms with E-state index in [4.69, 9.17) is 0 Å². The van der Waals surface area contributed by atoms with Crippen LogP contribution in [0.25, 0.3) is 5.70 Å². The Bertz CT molecular complexity index is 825. The summed E-state index contributed by atoms with van der Waals surface area (Å²) < 4.78 is 28.0. The Hall–Kier alpha value is -2.17. The van der Waals surface area contributed by atoms with Crippen molar-refractivity contribution in [3.05, 3.63) is 53.4 Å². The molecule has 140 valence electrons. The Balaban J connectivity index is 1.99. The zero-order valence-corrected chi connectivity index (χ0v) is 15.9. The Morgan fingerprint density at radius 2 is 2.15 bits per heavy atom. The van der Waals surface area contributed by atoms with Crippen LogP contribution in [0.15, 0.2) is 31.0 Å². The van der Waals surface area contributed by atoms with Gasteiger partial charge in [-0.05, 0) is 47.8 Å². The number of fused-ring (bicyclic) bond motifs is 1. The van der Waals surface area contributed by atoms with Crippen LogP contribution in [0.3, 0.4) is 0 Å². The minimum atomic E-state index is -2.63. The van der Waals surface area contributed by atoms with E-state index in [9.17, 15) is 8.78 Å². The van der Waals surface area contributed by atoms with Crippen molar-refractivity contribution >= 4 is 11.4 Å². The van der Waals surface area contributed by atoms with Gasteiger partial charge in [-0.25, -0.2) is 8.78 Å². The van der Waals surface area contributed by atoms with Gasteiger partial charge < -0.3 is 5.32 Å². The van der Waals surface area contributed by atoms with Crippen LogP contribution >= 0.6 is 0 Å². The summed E-state index contributed by atoms with van der Waals surface area (Å²) >= 11 is 0. The number of nitrogens with one attached hydrogen (secondary N) is 1. The van der Waals surface area contributed by atoms with Crippen LogP contribution in [-0.4, -0.2) is 9.78 Å². The highest BCUT2D eigenvalue weighted by Crippen LogP contribution is 2.52. The molecule has 26 heavy (non-hydrogen) atoms. The summed E-state index contributed by atoms with van der Waals surface area (Å²) in [5.41, 5.74) is 4.40. The molecule has 0 bridgehead atoms. The van der Waals surface area contributed by atoms with Crippen molar-refractivity contribution in [2.75, 3.05) is 5.32 Å². The Morgan fingerprint density at radius 3 is 2.77 bits per heavy atom. The van der Waals surface area contributed by atoms with Gasteiger partial charge in [-0.1, -0.05) is 39.5 Å². The first-order valence-electron chi connectivity index (χ1n) is 9.22. The van der Waals surface area contributed by atoms with E-state index >= 15 is 0 Å². The number of alkyl halides is 2. The number of nitrogens with zero attached hydrogens (tertiary/aromatic N) is 2. The molecule has 1 aromatic heterocycles. The molecular weight excluding hydrogens is 332 g/mol. The topological polar surface area (TPSA) is 29.9 Å². The van der Waals surface area contributed by atoms with E-state index in [1.165, 1.54) is 15.8 Å². The predicted molar refractivity (Wildman–Crippen MR) is 103 cm³/mol. The van der Waals surface area contributed by atoms with Crippen LogP contribution in [0.5, 0.6) is 0 Å². The number of hydrogen-bond donors (Lipinski definition) is 1. The van der Waals surface area contributed by atoms with Gasteiger partial charge in [-0.3, -0.25) is 4.68 Å². The monoisotopic (exact) mass is 359 g/mol. The first-order valence-corrected chi connectivity index (χ1v) is 9.22. The average molecular weight is 359 g/mol. The maximum Gasteiger partial charge on any atom is 0.282 e. The van der Waals surface area contributed by atoms with E-state index < -0.39 is 6.43 Å². The van der Waals surface area contributed by atoms with Gasteiger partial charge >= 0.3 is 0 Å². The molecule has 0 aliphatic heterocycles. The number of halogens is 2. The first kappa shape index (κ1) is 18.6. The lowest BCUT2D eigenvalue weighted by atomic mass is 9.81. The van der Waals surface area contributed by atoms with Gasteiger partial charge in [0.2, 0.25) is 0 Å². The number of anilines is 1. The quantitative estimate of drug-likeness (QED) is 0.685. The normalized spacial score (nSPS) is 21.9. The van der Waals surface area contributed by atoms with Crippen molar-refractivity contribution in [2.24, 2.45) is 7.05 Å². The molecule has 3 rings (SSSR count). The fourth-order valence-corrected chi connectivity index (χ4v) is 4.21. The Kier molecular flexibility index (Phi) is 4.91.